The van der Waals surface area contributed by atoms with Crippen LogP contribution < -0.4 is 5.73 Å². The molecule has 82 valence electrons. The van der Waals surface area contributed by atoms with E-state index in [-0.39, 0.29) is 17.5 Å². The van der Waals surface area contributed by atoms with Crippen LogP contribution in [0.15, 0.2) is 23.1 Å². The Labute approximate surface area is 91.8 Å². The molecule has 15 heavy (non-hydrogen) atoms. The molecule has 0 amide bonds. The van der Waals surface area contributed by atoms with Crippen LogP contribution in [-0.2, 0) is 9.53 Å². The van der Waals surface area contributed by atoms with Crippen LogP contribution in [0.5, 0.6) is 0 Å². The normalized spacial score (nSPS) is 10.0. The second-order valence-corrected chi connectivity index (χ2v) is 3.79. The maximum Gasteiger partial charge on any atom is 0.316 e. The Kier molecular flexibility index (Phi) is 4.42. The number of hydrogen-bond acceptors (Lipinski definition) is 4. The molecule has 1 aromatic rings. The molecule has 0 heterocycles. The van der Waals surface area contributed by atoms with Crippen molar-refractivity contribution < 1.29 is 13.9 Å². The second kappa shape index (κ2) is 5.60. The summed E-state index contributed by atoms with van der Waals surface area (Å²) in [6.07, 6.45) is 0. The molecule has 1 rings (SSSR count). The highest BCUT2D eigenvalue weighted by atomic mass is 32.2. The van der Waals surface area contributed by atoms with Gasteiger partial charge in [-0.05, 0) is 25.1 Å². The van der Waals surface area contributed by atoms with Gasteiger partial charge in [0, 0.05) is 10.6 Å². The minimum absolute atomic E-state index is 0.140. The lowest BCUT2D eigenvalue weighted by Crippen LogP contribution is -2.06. The number of rotatable bonds is 4. The van der Waals surface area contributed by atoms with Gasteiger partial charge in [0.2, 0.25) is 0 Å². The predicted molar refractivity (Wildman–Crippen MR) is 58.2 cm³/mol. The summed E-state index contributed by atoms with van der Waals surface area (Å²) in [6, 6.07) is 4.06. The summed E-state index contributed by atoms with van der Waals surface area (Å²) in [4.78, 5) is 11.6. The Hall–Kier alpha value is -1.23. The third kappa shape index (κ3) is 3.79. The molecule has 0 fully saturated rings. The Morgan fingerprint density at radius 2 is 2.33 bits per heavy atom. The molecule has 0 unspecified atom stereocenters. The first kappa shape index (κ1) is 11.8. The van der Waals surface area contributed by atoms with Crippen molar-refractivity contribution in [2.24, 2.45) is 0 Å². The quantitative estimate of drug-likeness (QED) is 0.488. The van der Waals surface area contributed by atoms with Gasteiger partial charge in [-0.3, -0.25) is 4.79 Å². The molecular formula is C10H12FNO2S. The van der Waals surface area contributed by atoms with Crippen molar-refractivity contribution >= 4 is 23.4 Å². The molecule has 0 aliphatic rings. The molecule has 0 saturated heterocycles. The number of anilines is 1. The van der Waals surface area contributed by atoms with E-state index >= 15 is 0 Å². The van der Waals surface area contributed by atoms with Gasteiger partial charge in [-0.15, -0.1) is 11.8 Å². The van der Waals surface area contributed by atoms with E-state index in [9.17, 15) is 9.18 Å². The number of hydrogen-bond donors (Lipinski definition) is 1. The van der Waals surface area contributed by atoms with E-state index in [2.05, 4.69) is 0 Å². The van der Waals surface area contributed by atoms with Gasteiger partial charge in [0.05, 0.1) is 12.4 Å². The fourth-order valence-corrected chi connectivity index (χ4v) is 1.76. The van der Waals surface area contributed by atoms with Crippen LogP contribution in [0.2, 0.25) is 0 Å². The number of halogens is 1. The molecule has 0 bridgehead atoms. The van der Waals surface area contributed by atoms with E-state index in [1.165, 1.54) is 30.0 Å². The number of carbonyl (C=O) groups is 1. The predicted octanol–water partition coefficient (Wildman–Crippen LogP) is 2.06. The van der Waals surface area contributed by atoms with Crippen molar-refractivity contribution in [2.75, 3.05) is 18.1 Å². The summed E-state index contributed by atoms with van der Waals surface area (Å²) in [5.74, 6) is -0.552. The maximum atomic E-state index is 12.8. The molecule has 2 N–H and O–H groups in total. The summed E-state index contributed by atoms with van der Waals surface area (Å²) in [5, 5.41) is 0. The number of thioether (sulfide) groups is 1. The number of esters is 1. The Morgan fingerprint density at radius 3 is 3.00 bits per heavy atom. The third-order valence-electron chi connectivity index (χ3n) is 1.63. The SMILES string of the molecule is CCOC(=O)CSc1cc(F)ccc1N. The highest BCUT2D eigenvalue weighted by Crippen LogP contribution is 2.25. The molecular weight excluding hydrogens is 217 g/mol. The van der Waals surface area contributed by atoms with Crippen LogP contribution in [0.1, 0.15) is 6.92 Å². The molecule has 0 aliphatic heterocycles. The zero-order chi connectivity index (χ0) is 11.3. The largest absolute Gasteiger partial charge is 0.465 e. The average molecular weight is 229 g/mol. The van der Waals surface area contributed by atoms with Crippen LogP contribution in [0.4, 0.5) is 10.1 Å². The lowest BCUT2D eigenvalue weighted by Gasteiger charge is -2.05. The van der Waals surface area contributed by atoms with Crippen LogP contribution >= 0.6 is 11.8 Å². The van der Waals surface area contributed by atoms with E-state index in [4.69, 9.17) is 10.5 Å². The van der Waals surface area contributed by atoms with Crippen molar-refractivity contribution in [1.82, 2.24) is 0 Å². The number of benzene rings is 1. The zero-order valence-corrected chi connectivity index (χ0v) is 9.14. The number of carbonyl (C=O) groups excluding carboxylic acids is 1. The molecule has 0 radical (unpaired) electrons. The summed E-state index contributed by atoms with van der Waals surface area (Å²) in [7, 11) is 0. The van der Waals surface area contributed by atoms with Crippen molar-refractivity contribution in [3.63, 3.8) is 0 Å². The topological polar surface area (TPSA) is 52.3 Å². The van der Waals surface area contributed by atoms with Gasteiger partial charge >= 0.3 is 5.97 Å². The Morgan fingerprint density at radius 1 is 1.60 bits per heavy atom. The minimum Gasteiger partial charge on any atom is -0.465 e. The van der Waals surface area contributed by atoms with E-state index in [0.29, 0.717) is 17.2 Å². The Bertz CT molecular complexity index is 357. The molecule has 3 nitrogen and oxygen atoms in total. The number of nitrogens with two attached hydrogens (primary N) is 1. The fourth-order valence-electron chi connectivity index (χ4n) is 0.973. The molecule has 5 heteroatoms. The van der Waals surface area contributed by atoms with E-state index in [1.54, 1.807) is 6.92 Å². The summed E-state index contributed by atoms with van der Waals surface area (Å²) in [6.45, 7) is 2.08. The Balaban J connectivity index is 2.57. The van der Waals surface area contributed by atoms with Crippen molar-refractivity contribution in [2.45, 2.75) is 11.8 Å². The molecule has 0 saturated carbocycles. The number of ether oxygens (including phenoxy) is 1. The van der Waals surface area contributed by atoms with E-state index in [1.807, 2.05) is 0 Å². The van der Waals surface area contributed by atoms with Gasteiger partial charge in [-0.1, -0.05) is 0 Å². The third-order valence-corrected chi connectivity index (χ3v) is 2.67. The van der Waals surface area contributed by atoms with E-state index in [0.717, 1.165) is 0 Å². The lowest BCUT2D eigenvalue weighted by molar-refractivity contribution is -0.139. The zero-order valence-electron chi connectivity index (χ0n) is 8.33. The summed E-state index contributed by atoms with van der Waals surface area (Å²) in [5.41, 5.74) is 6.07. The van der Waals surface area contributed by atoms with Crippen molar-refractivity contribution in [1.29, 1.82) is 0 Å². The molecule has 0 aliphatic carbocycles. The van der Waals surface area contributed by atoms with Gasteiger partial charge in [0.25, 0.3) is 0 Å². The second-order valence-electron chi connectivity index (χ2n) is 2.78. The minimum atomic E-state index is -0.365. The molecule has 0 atom stereocenters. The smallest absolute Gasteiger partial charge is 0.316 e. The summed E-state index contributed by atoms with van der Waals surface area (Å²) >= 11 is 1.17. The first-order valence-corrected chi connectivity index (χ1v) is 5.45. The van der Waals surface area contributed by atoms with Gasteiger partial charge in [-0.25, -0.2) is 4.39 Å². The molecule has 0 spiro atoms. The molecule has 0 aromatic heterocycles. The average Bonchev–Trinajstić information content (AvgIpc) is 2.20. The standard InChI is InChI=1S/C10H12FNO2S/c1-2-14-10(13)6-15-9-5-7(11)3-4-8(9)12/h3-5H,2,6,12H2,1H3. The van der Waals surface area contributed by atoms with Crippen LogP contribution in [0.3, 0.4) is 0 Å². The molecule has 1 aromatic carbocycles. The van der Waals surface area contributed by atoms with Crippen LogP contribution in [-0.4, -0.2) is 18.3 Å². The van der Waals surface area contributed by atoms with Crippen molar-refractivity contribution in [3.05, 3.63) is 24.0 Å². The van der Waals surface area contributed by atoms with Gasteiger partial charge in [0.15, 0.2) is 0 Å². The lowest BCUT2D eigenvalue weighted by atomic mass is 10.3. The van der Waals surface area contributed by atoms with Gasteiger partial charge < -0.3 is 10.5 Å². The maximum absolute atomic E-state index is 12.8. The highest BCUT2D eigenvalue weighted by Gasteiger charge is 2.06. The van der Waals surface area contributed by atoms with Crippen LogP contribution in [0.25, 0.3) is 0 Å². The highest BCUT2D eigenvalue weighted by molar-refractivity contribution is 8.00. The monoisotopic (exact) mass is 229 g/mol. The van der Waals surface area contributed by atoms with Gasteiger partial charge in [0.1, 0.15) is 5.82 Å². The fraction of sp³-hybridized carbons (Fsp3) is 0.300. The van der Waals surface area contributed by atoms with E-state index < -0.39 is 0 Å². The number of nitrogen functional groups attached to an aromatic ring is 1. The first-order chi connectivity index (χ1) is 7.13. The first-order valence-electron chi connectivity index (χ1n) is 4.47. The van der Waals surface area contributed by atoms with Gasteiger partial charge in [-0.2, -0.15) is 0 Å². The van der Waals surface area contributed by atoms with Crippen LogP contribution in [0, 0.1) is 5.82 Å². The summed E-state index contributed by atoms with van der Waals surface area (Å²) < 4.78 is 17.6. The van der Waals surface area contributed by atoms with Crippen molar-refractivity contribution in [3.8, 4) is 0 Å².